The lowest BCUT2D eigenvalue weighted by Gasteiger charge is -1.97. The molecule has 0 aromatic heterocycles. The molecule has 0 atom stereocenters. The molecule has 1 aromatic carbocycles. The first-order valence-corrected chi connectivity index (χ1v) is 4.77. The van der Waals surface area contributed by atoms with Crippen LogP contribution in [0.2, 0.25) is 0 Å². The van der Waals surface area contributed by atoms with Gasteiger partial charge in [0.25, 0.3) is 0 Å². The first-order valence-electron chi connectivity index (χ1n) is 4.77. The number of amides is 5. The summed E-state index contributed by atoms with van der Waals surface area (Å²) in [5.41, 5.74) is 5.59. The fourth-order valence-electron chi connectivity index (χ4n) is 1.04. The quantitative estimate of drug-likeness (QED) is 0.515. The Kier molecular flexibility index (Phi) is 4.49. The molecule has 7 nitrogen and oxygen atoms in total. The van der Waals surface area contributed by atoms with Gasteiger partial charge in [0.05, 0.1) is 6.54 Å². The second-order valence-corrected chi connectivity index (χ2v) is 3.09. The van der Waals surface area contributed by atoms with E-state index in [0.29, 0.717) is 0 Å². The van der Waals surface area contributed by atoms with Crippen LogP contribution in [0.4, 0.5) is 15.3 Å². The smallest absolute Gasteiger partial charge is 0.321 e. The molecule has 0 aliphatic carbocycles. The molecule has 0 saturated carbocycles. The standard InChI is InChI=1S/C7H8N2O.C3H4N2O2/c8-7(10)9-6-4-2-1-3-5-6;6-2-1-4-3(7)5-2/h1-5H,(H3,8,9,10);1H2,(H2,4,5,6,7). The third-order valence-corrected chi connectivity index (χ3v) is 1.70. The predicted octanol–water partition coefficient (Wildman–Crippen LogP) is 0.00300. The van der Waals surface area contributed by atoms with E-state index in [1.807, 2.05) is 23.5 Å². The molecule has 1 aliphatic heterocycles. The van der Waals surface area contributed by atoms with Gasteiger partial charge >= 0.3 is 12.1 Å². The summed E-state index contributed by atoms with van der Waals surface area (Å²) < 4.78 is 0. The van der Waals surface area contributed by atoms with Crippen LogP contribution >= 0.6 is 0 Å². The Hall–Kier alpha value is -2.57. The van der Waals surface area contributed by atoms with Gasteiger partial charge in [0, 0.05) is 5.69 Å². The van der Waals surface area contributed by atoms with Gasteiger partial charge in [0.15, 0.2) is 0 Å². The highest BCUT2D eigenvalue weighted by Crippen LogP contribution is 2.03. The normalized spacial score (nSPS) is 12.9. The van der Waals surface area contributed by atoms with E-state index in [9.17, 15) is 14.4 Å². The molecule has 2 rings (SSSR count). The first kappa shape index (κ1) is 12.5. The van der Waals surface area contributed by atoms with Crippen LogP contribution in [0.15, 0.2) is 30.3 Å². The maximum atomic E-state index is 10.3. The largest absolute Gasteiger partial charge is 0.351 e. The van der Waals surface area contributed by atoms with E-state index in [-0.39, 0.29) is 12.5 Å². The lowest BCUT2D eigenvalue weighted by molar-refractivity contribution is -0.117. The Balaban J connectivity index is 0.000000181. The number of rotatable bonds is 1. The number of urea groups is 2. The maximum Gasteiger partial charge on any atom is 0.321 e. The monoisotopic (exact) mass is 236 g/mol. The fraction of sp³-hybridized carbons (Fsp3) is 0.100. The van der Waals surface area contributed by atoms with E-state index < -0.39 is 12.1 Å². The highest BCUT2D eigenvalue weighted by atomic mass is 16.2. The Bertz CT molecular complexity index is 405. The van der Waals surface area contributed by atoms with Gasteiger partial charge in [-0.2, -0.15) is 0 Å². The highest BCUT2D eigenvalue weighted by Gasteiger charge is 2.14. The molecule has 5 N–H and O–H groups in total. The van der Waals surface area contributed by atoms with Gasteiger partial charge in [-0.1, -0.05) is 18.2 Å². The number of hydrogen-bond donors (Lipinski definition) is 4. The van der Waals surface area contributed by atoms with Crippen LogP contribution in [0, 0.1) is 0 Å². The second-order valence-electron chi connectivity index (χ2n) is 3.09. The Morgan fingerprint density at radius 1 is 1.24 bits per heavy atom. The fourth-order valence-corrected chi connectivity index (χ4v) is 1.04. The first-order chi connectivity index (χ1) is 8.08. The van der Waals surface area contributed by atoms with Gasteiger partial charge in [0.1, 0.15) is 0 Å². The zero-order valence-corrected chi connectivity index (χ0v) is 8.90. The zero-order chi connectivity index (χ0) is 12.7. The minimum Gasteiger partial charge on any atom is -0.351 e. The highest BCUT2D eigenvalue weighted by molar-refractivity contribution is 6.01. The number of carbonyl (C=O) groups excluding carboxylic acids is 3. The topological polar surface area (TPSA) is 113 Å². The van der Waals surface area contributed by atoms with Crippen molar-refractivity contribution in [1.29, 1.82) is 0 Å². The van der Waals surface area contributed by atoms with Gasteiger partial charge in [-0.15, -0.1) is 0 Å². The van der Waals surface area contributed by atoms with Gasteiger partial charge in [-0.25, -0.2) is 9.59 Å². The van der Waals surface area contributed by atoms with E-state index in [4.69, 9.17) is 5.73 Å². The van der Waals surface area contributed by atoms with Gasteiger partial charge in [-0.05, 0) is 12.1 Å². The summed E-state index contributed by atoms with van der Waals surface area (Å²) in [6.07, 6.45) is 0. The number of carbonyl (C=O) groups is 3. The molecule has 1 aromatic rings. The summed E-state index contributed by atoms with van der Waals surface area (Å²) in [6, 6.07) is 8.12. The number of anilines is 1. The molecule has 1 aliphatic rings. The number of nitrogens with one attached hydrogen (secondary N) is 3. The lowest BCUT2D eigenvalue weighted by Crippen LogP contribution is -2.22. The van der Waals surface area contributed by atoms with Crippen LogP contribution in [-0.2, 0) is 4.79 Å². The molecule has 0 unspecified atom stereocenters. The summed E-state index contributed by atoms with van der Waals surface area (Å²) in [5.74, 6) is -0.259. The Morgan fingerprint density at radius 3 is 2.24 bits per heavy atom. The number of para-hydroxylation sites is 1. The van der Waals surface area contributed by atoms with Crippen molar-refractivity contribution in [3.63, 3.8) is 0 Å². The molecule has 0 bridgehead atoms. The SMILES string of the molecule is NC(=O)Nc1ccccc1.O=C1CNC(=O)N1. The van der Waals surface area contributed by atoms with Crippen molar-refractivity contribution in [2.75, 3.05) is 11.9 Å². The summed E-state index contributed by atoms with van der Waals surface area (Å²) in [6.45, 7) is 0.124. The van der Waals surface area contributed by atoms with Crippen molar-refractivity contribution >= 4 is 23.7 Å². The van der Waals surface area contributed by atoms with Crippen molar-refractivity contribution in [2.45, 2.75) is 0 Å². The minimum atomic E-state index is -0.536. The minimum absolute atomic E-state index is 0.124. The molecule has 0 radical (unpaired) electrons. The molecular weight excluding hydrogens is 224 g/mol. The van der Waals surface area contributed by atoms with Crippen molar-refractivity contribution in [3.8, 4) is 0 Å². The Morgan fingerprint density at radius 2 is 1.88 bits per heavy atom. The summed E-state index contributed by atoms with van der Waals surface area (Å²) in [7, 11) is 0. The molecule has 1 saturated heterocycles. The molecule has 1 fully saturated rings. The second kappa shape index (κ2) is 6.11. The van der Waals surface area contributed by atoms with Gasteiger partial charge in [-0.3, -0.25) is 10.1 Å². The lowest BCUT2D eigenvalue weighted by atomic mass is 10.3. The van der Waals surface area contributed by atoms with Crippen molar-refractivity contribution in [3.05, 3.63) is 30.3 Å². The third kappa shape index (κ3) is 5.17. The van der Waals surface area contributed by atoms with Crippen LogP contribution in [0.1, 0.15) is 0 Å². The molecule has 0 spiro atoms. The number of primary amides is 1. The van der Waals surface area contributed by atoms with Crippen molar-refractivity contribution < 1.29 is 14.4 Å². The summed E-state index contributed by atoms with van der Waals surface area (Å²) >= 11 is 0. The van der Waals surface area contributed by atoms with Crippen LogP contribution < -0.4 is 21.7 Å². The van der Waals surface area contributed by atoms with Gasteiger partial charge < -0.3 is 16.4 Å². The van der Waals surface area contributed by atoms with E-state index in [0.717, 1.165) is 5.69 Å². The van der Waals surface area contributed by atoms with E-state index in [2.05, 4.69) is 10.6 Å². The van der Waals surface area contributed by atoms with Crippen molar-refractivity contribution in [1.82, 2.24) is 10.6 Å². The molecule has 90 valence electrons. The van der Waals surface area contributed by atoms with E-state index >= 15 is 0 Å². The summed E-state index contributed by atoms with van der Waals surface area (Å²) in [5, 5.41) is 6.74. The zero-order valence-electron chi connectivity index (χ0n) is 8.90. The van der Waals surface area contributed by atoms with Crippen LogP contribution in [0.25, 0.3) is 0 Å². The van der Waals surface area contributed by atoms with E-state index in [1.54, 1.807) is 12.1 Å². The molecule has 17 heavy (non-hydrogen) atoms. The van der Waals surface area contributed by atoms with Gasteiger partial charge in [0.2, 0.25) is 5.91 Å². The van der Waals surface area contributed by atoms with Crippen LogP contribution in [0.5, 0.6) is 0 Å². The number of benzene rings is 1. The van der Waals surface area contributed by atoms with Crippen LogP contribution in [0.3, 0.4) is 0 Å². The van der Waals surface area contributed by atoms with E-state index in [1.165, 1.54) is 0 Å². The number of imide groups is 1. The number of nitrogens with two attached hydrogens (primary N) is 1. The predicted molar refractivity (Wildman–Crippen MR) is 61.2 cm³/mol. The summed E-state index contributed by atoms with van der Waals surface area (Å²) in [4.78, 5) is 30.3. The maximum absolute atomic E-state index is 10.3. The third-order valence-electron chi connectivity index (χ3n) is 1.70. The average molecular weight is 236 g/mol. The molecular formula is C10H12N4O3. The number of hydrogen-bond acceptors (Lipinski definition) is 3. The average Bonchev–Trinajstić information content (AvgIpc) is 2.64. The molecule has 1 heterocycles. The molecule has 7 heteroatoms. The van der Waals surface area contributed by atoms with Crippen LogP contribution in [-0.4, -0.2) is 24.5 Å². The Labute approximate surface area is 97.4 Å². The molecule has 5 amide bonds. The van der Waals surface area contributed by atoms with Crippen molar-refractivity contribution in [2.24, 2.45) is 5.73 Å².